The van der Waals surface area contributed by atoms with E-state index in [0.29, 0.717) is 30.2 Å². The van der Waals surface area contributed by atoms with Crippen LogP contribution >= 0.6 is 10.6 Å². The Kier molecular flexibility index (Phi) is 3.47. The zero-order valence-electron chi connectivity index (χ0n) is 9.78. The molecule has 0 amide bonds. The van der Waals surface area contributed by atoms with E-state index in [-0.39, 0.29) is 5.69 Å². The van der Waals surface area contributed by atoms with Crippen LogP contribution in [0, 0.1) is 17.0 Å². The second-order valence-corrected chi connectivity index (χ2v) is 6.69. The lowest BCUT2D eigenvalue weighted by Crippen LogP contribution is -2.38. The fraction of sp³-hybridized carbons (Fsp3) is 0.364. The summed E-state index contributed by atoms with van der Waals surface area (Å²) < 4.78 is 19.1. The lowest BCUT2D eigenvalue weighted by Gasteiger charge is -2.42. The van der Waals surface area contributed by atoms with Crippen molar-refractivity contribution in [2.75, 3.05) is 29.5 Å². The predicted octanol–water partition coefficient (Wildman–Crippen LogP) is 2.35. The van der Waals surface area contributed by atoms with Gasteiger partial charge in [-0.3, -0.25) is 19.2 Å². The molecule has 0 bridgehead atoms. The third kappa shape index (κ3) is 2.74. The van der Waals surface area contributed by atoms with E-state index in [4.69, 9.17) is 0 Å². The summed E-state index contributed by atoms with van der Waals surface area (Å²) >= 11 is 0. The van der Waals surface area contributed by atoms with Gasteiger partial charge in [-0.05, 0) is 18.6 Å². The van der Waals surface area contributed by atoms with Gasteiger partial charge in [0.15, 0.2) is 0 Å². The van der Waals surface area contributed by atoms with Gasteiger partial charge in [0.25, 0.3) is 5.69 Å². The van der Waals surface area contributed by atoms with Gasteiger partial charge in [-0.1, -0.05) is 0 Å². The zero-order valence-corrected chi connectivity index (χ0v) is 10.6. The molecule has 6 nitrogen and oxygen atoms in total. The Morgan fingerprint density at radius 3 is 2.44 bits per heavy atom. The van der Waals surface area contributed by atoms with Gasteiger partial charge in [-0.15, -0.1) is 0 Å². The smallest absolute Gasteiger partial charge is 0.269 e. The quantitative estimate of drug-likeness (QED) is 0.637. The molecular formula is C11H15N2O4S. The van der Waals surface area contributed by atoms with Crippen molar-refractivity contribution in [3.05, 3.63) is 40.8 Å². The van der Waals surface area contributed by atoms with Crippen molar-refractivity contribution in [1.29, 1.82) is 0 Å². The zero-order chi connectivity index (χ0) is 13.3. The number of benzene rings is 1. The van der Waals surface area contributed by atoms with Gasteiger partial charge >= 0.3 is 0 Å². The molecule has 0 unspecified atom stereocenters. The van der Waals surface area contributed by atoms with Crippen molar-refractivity contribution in [2.24, 2.45) is 0 Å². The molecule has 1 heterocycles. The van der Waals surface area contributed by atoms with E-state index < -0.39 is 15.5 Å². The van der Waals surface area contributed by atoms with Gasteiger partial charge in [0.2, 0.25) is 0 Å². The highest BCUT2D eigenvalue weighted by molar-refractivity contribution is 8.24. The van der Waals surface area contributed by atoms with Crippen LogP contribution in [0.15, 0.2) is 18.2 Å². The Labute approximate surface area is 107 Å². The van der Waals surface area contributed by atoms with Crippen molar-refractivity contribution >= 4 is 22.0 Å². The first-order chi connectivity index (χ1) is 8.39. The molecule has 1 aromatic rings. The minimum atomic E-state index is -2.43. The number of hydrogen-bond donors (Lipinski definition) is 2. The average Bonchev–Trinajstić information content (AvgIpc) is 2.29. The number of rotatable bonds is 2. The minimum Gasteiger partial charge on any atom is -0.368 e. The second-order valence-electron chi connectivity index (χ2n) is 4.27. The first-order valence-electron chi connectivity index (χ1n) is 5.48. The summed E-state index contributed by atoms with van der Waals surface area (Å²) in [7, 11) is -2.43. The normalized spacial score (nSPS) is 20.5. The molecule has 0 atom stereocenters. The lowest BCUT2D eigenvalue weighted by atomic mass is 10.1. The molecule has 1 fully saturated rings. The van der Waals surface area contributed by atoms with Gasteiger partial charge in [0.05, 0.1) is 16.4 Å². The minimum absolute atomic E-state index is 0.0186. The topological polar surface area (TPSA) is 86.8 Å². The summed E-state index contributed by atoms with van der Waals surface area (Å²) in [6, 6.07) is 4.54. The first-order valence-corrected chi connectivity index (χ1v) is 7.36. The summed E-state index contributed by atoms with van der Waals surface area (Å²) in [5.74, 6) is 0.673. The number of nitrogens with zero attached hydrogens (tertiary/aromatic N) is 2. The van der Waals surface area contributed by atoms with E-state index in [0.717, 1.165) is 5.69 Å². The molecule has 1 saturated heterocycles. The van der Waals surface area contributed by atoms with E-state index >= 15 is 0 Å². The van der Waals surface area contributed by atoms with Crippen molar-refractivity contribution in [1.82, 2.24) is 0 Å². The fourth-order valence-corrected chi connectivity index (χ4v) is 3.19. The molecule has 1 aromatic carbocycles. The first kappa shape index (κ1) is 13.1. The molecule has 2 rings (SSSR count). The standard InChI is InChI=1S/C11H15N2O4S/c1-9-8-10(13(14)15)2-3-11(9)12-4-6-18(16,17)7-5-12/h2-3,8,16-17H,1,4-7H2. The highest BCUT2D eigenvalue weighted by Gasteiger charge is 2.23. The Morgan fingerprint density at radius 2 is 1.94 bits per heavy atom. The van der Waals surface area contributed by atoms with Gasteiger partial charge in [-0.25, -0.2) is 0 Å². The van der Waals surface area contributed by atoms with Crippen LogP contribution in [0.3, 0.4) is 0 Å². The predicted molar refractivity (Wildman–Crippen MR) is 72.4 cm³/mol. The summed E-state index contributed by atoms with van der Waals surface area (Å²) in [5, 5.41) is 10.6. The Morgan fingerprint density at radius 1 is 1.33 bits per heavy atom. The molecule has 0 spiro atoms. The van der Waals surface area contributed by atoms with Crippen LogP contribution in [-0.4, -0.2) is 38.6 Å². The summed E-state index contributed by atoms with van der Waals surface area (Å²) in [5.41, 5.74) is 1.42. The number of anilines is 1. The van der Waals surface area contributed by atoms with Crippen molar-refractivity contribution in [3.8, 4) is 0 Å². The monoisotopic (exact) mass is 271 g/mol. The van der Waals surface area contributed by atoms with Crippen LogP contribution in [0.2, 0.25) is 0 Å². The molecule has 18 heavy (non-hydrogen) atoms. The van der Waals surface area contributed by atoms with Crippen LogP contribution in [0.5, 0.6) is 0 Å². The molecule has 0 saturated carbocycles. The second kappa shape index (κ2) is 4.75. The van der Waals surface area contributed by atoms with Crippen molar-refractivity contribution in [2.45, 2.75) is 0 Å². The van der Waals surface area contributed by atoms with Crippen LogP contribution in [0.1, 0.15) is 5.56 Å². The fourth-order valence-electron chi connectivity index (χ4n) is 1.96. The summed E-state index contributed by atoms with van der Waals surface area (Å²) in [6.45, 7) is 4.87. The average molecular weight is 271 g/mol. The van der Waals surface area contributed by atoms with Crippen molar-refractivity contribution in [3.63, 3.8) is 0 Å². The molecular weight excluding hydrogens is 256 g/mol. The Hall–Kier alpha value is -1.31. The molecule has 2 N–H and O–H groups in total. The van der Waals surface area contributed by atoms with Gasteiger partial charge in [0, 0.05) is 30.9 Å². The maximum Gasteiger partial charge on any atom is 0.269 e. The van der Waals surface area contributed by atoms with Gasteiger partial charge in [0.1, 0.15) is 0 Å². The SMILES string of the molecule is [CH2]c1cc([N+](=O)[O-])ccc1N1CCS(O)(O)CC1. The van der Waals surface area contributed by atoms with E-state index in [1.807, 2.05) is 4.90 Å². The number of nitro groups is 1. The van der Waals surface area contributed by atoms with Crippen LogP contribution < -0.4 is 4.90 Å². The molecule has 1 radical (unpaired) electrons. The molecule has 1 aliphatic rings. The van der Waals surface area contributed by atoms with Crippen LogP contribution in [-0.2, 0) is 0 Å². The Balaban J connectivity index is 2.17. The van der Waals surface area contributed by atoms with E-state index in [9.17, 15) is 19.2 Å². The Bertz CT molecular complexity index is 468. The maximum atomic E-state index is 10.6. The summed E-state index contributed by atoms with van der Waals surface area (Å²) in [6.07, 6.45) is 0. The number of hydrogen-bond acceptors (Lipinski definition) is 5. The number of non-ortho nitro benzene ring substituents is 1. The molecule has 1 aliphatic heterocycles. The molecule has 7 heteroatoms. The van der Waals surface area contributed by atoms with Crippen molar-refractivity contribution < 1.29 is 14.0 Å². The lowest BCUT2D eigenvalue weighted by molar-refractivity contribution is -0.384. The van der Waals surface area contributed by atoms with E-state index in [2.05, 4.69) is 6.92 Å². The molecule has 0 aromatic heterocycles. The highest BCUT2D eigenvalue weighted by atomic mass is 32.3. The summed E-state index contributed by atoms with van der Waals surface area (Å²) in [4.78, 5) is 12.2. The van der Waals surface area contributed by atoms with Gasteiger partial charge < -0.3 is 4.90 Å². The van der Waals surface area contributed by atoms with Gasteiger partial charge in [-0.2, -0.15) is 10.6 Å². The van der Waals surface area contributed by atoms with Crippen LogP contribution in [0.25, 0.3) is 0 Å². The highest BCUT2D eigenvalue weighted by Crippen LogP contribution is 2.41. The number of nitro benzene ring substituents is 1. The largest absolute Gasteiger partial charge is 0.368 e. The third-order valence-corrected chi connectivity index (χ3v) is 4.66. The van der Waals surface area contributed by atoms with E-state index in [1.165, 1.54) is 12.1 Å². The maximum absolute atomic E-state index is 10.6. The van der Waals surface area contributed by atoms with E-state index in [1.54, 1.807) is 6.07 Å². The molecule has 0 aliphatic carbocycles. The molecule has 99 valence electrons. The van der Waals surface area contributed by atoms with Crippen LogP contribution in [0.4, 0.5) is 11.4 Å². The third-order valence-electron chi connectivity index (χ3n) is 2.99.